The average molecular weight is 448 g/mol. The molecule has 1 aromatic carbocycles. The van der Waals surface area contributed by atoms with Crippen LogP contribution in [0.3, 0.4) is 0 Å². The molecule has 174 valence electrons. The number of benzene rings is 1. The Labute approximate surface area is 190 Å². The van der Waals surface area contributed by atoms with Crippen LogP contribution in [0.2, 0.25) is 0 Å². The maximum absolute atomic E-state index is 13.8. The minimum Gasteiger partial charge on any atom is -0.381 e. The minimum absolute atomic E-state index is 0.0517. The van der Waals surface area contributed by atoms with Crippen molar-refractivity contribution < 1.29 is 13.2 Å². The summed E-state index contributed by atoms with van der Waals surface area (Å²) in [6, 6.07) is 10.4. The van der Waals surface area contributed by atoms with Crippen LogP contribution in [0.4, 0.5) is 0 Å². The van der Waals surface area contributed by atoms with E-state index in [1.54, 1.807) is 7.11 Å². The molecule has 1 aliphatic rings. The molecule has 5 heteroatoms. The Morgan fingerprint density at radius 2 is 1.90 bits per heavy atom. The van der Waals surface area contributed by atoms with Gasteiger partial charge in [-0.15, -0.1) is 0 Å². The van der Waals surface area contributed by atoms with E-state index < -0.39 is 9.84 Å². The van der Waals surface area contributed by atoms with Crippen molar-refractivity contribution in [2.45, 2.75) is 65.2 Å². The molecule has 0 amide bonds. The Bertz CT molecular complexity index is 829. The predicted molar refractivity (Wildman–Crippen MR) is 131 cm³/mol. The predicted octanol–water partition coefficient (Wildman–Crippen LogP) is 5.63. The third-order valence-electron chi connectivity index (χ3n) is 6.51. The van der Waals surface area contributed by atoms with Gasteiger partial charge < -0.3 is 10.1 Å². The lowest BCUT2D eigenvalue weighted by atomic mass is 9.71. The van der Waals surface area contributed by atoms with E-state index in [1.165, 1.54) is 5.56 Å². The molecule has 0 aliphatic carbocycles. The molecule has 4 nitrogen and oxygen atoms in total. The van der Waals surface area contributed by atoms with Gasteiger partial charge in [-0.3, -0.25) is 0 Å². The summed E-state index contributed by atoms with van der Waals surface area (Å²) < 4.78 is 32.9. The summed E-state index contributed by atoms with van der Waals surface area (Å²) >= 11 is 0. The van der Waals surface area contributed by atoms with Crippen LogP contribution in [0.1, 0.15) is 70.8 Å². The van der Waals surface area contributed by atoms with Gasteiger partial charge in [0.2, 0.25) is 0 Å². The molecule has 0 saturated carbocycles. The monoisotopic (exact) mass is 447 g/mol. The fourth-order valence-corrected chi connectivity index (χ4v) is 7.09. The Balaban J connectivity index is 2.65. The first-order valence-corrected chi connectivity index (χ1v) is 13.5. The van der Waals surface area contributed by atoms with Crippen molar-refractivity contribution in [3.8, 4) is 0 Å². The van der Waals surface area contributed by atoms with Gasteiger partial charge in [-0.1, -0.05) is 76.1 Å². The quantitative estimate of drug-likeness (QED) is 0.447. The van der Waals surface area contributed by atoms with Crippen molar-refractivity contribution in [2.75, 3.05) is 32.6 Å². The molecule has 1 N–H and O–H groups in total. The molecule has 1 heterocycles. The van der Waals surface area contributed by atoms with E-state index in [-0.39, 0.29) is 17.1 Å². The van der Waals surface area contributed by atoms with Crippen LogP contribution in [0.15, 0.2) is 53.0 Å². The van der Waals surface area contributed by atoms with Crippen molar-refractivity contribution >= 4 is 9.84 Å². The van der Waals surface area contributed by atoms with E-state index in [0.29, 0.717) is 17.9 Å². The van der Waals surface area contributed by atoms with Crippen molar-refractivity contribution in [2.24, 2.45) is 5.41 Å². The maximum Gasteiger partial charge on any atom is 0.178 e. The topological polar surface area (TPSA) is 55.4 Å². The third kappa shape index (κ3) is 7.03. The van der Waals surface area contributed by atoms with Crippen LogP contribution in [-0.4, -0.2) is 41.0 Å². The number of ether oxygens (including phenoxy) is 1. The molecule has 0 radical (unpaired) electrons. The Hall–Kier alpha value is -1.43. The van der Waals surface area contributed by atoms with Gasteiger partial charge in [-0.05, 0) is 55.3 Å². The molecule has 0 bridgehead atoms. The molecule has 1 aromatic rings. The molecule has 1 aliphatic heterocycles. The van der Waals surface area contributed by atoms with Gasteiger partial charge in [0.1, 0.15) is 0 Å². The first-order chi connectivity index (χ1) is 14.9. The minimum atomic E-state index is -3.41. The van der Waals surface area contributed by atoms with Crippen LogP contribution < -0.4 is 5.32 Å². The molecule has 0 unspecified atom stereocenters. The number of nitrogens with one attached hydrogen (secondary N) is 1. The number of rotatable bonds is 11. The molecule has 0 spiro atoms. The van der Waals surface area contributed by atoms with E-state index in [1.807, 2.05) is 18.2 Å². The summed E-state index contributed by atoms with van der Waals surface area (Å²) in [5, 5.41) is 3.30. The molecular weight excluding hydrogens is 406 g/mol. The lowest BCUT2D eigenvalue weighted by Crippen LogP contribution is -2.29. The number of hydrogen-bond acceptors (Lipinski definition) is 4. The Kier molecular flexibility index (Phi) is 10.5. The first-order valence-electron chi connectivity index (χ1n) is 11.8. The summed E-state index contributed by atoms with van der Waals surface area (Å²) in [4.78, 5) is 0.517. The largest absolute Gasteiger partial charge is 0.381 e. The lowest BCUT2D eigenvalue weighted by Gasteiger charge is -2.34. The summed E-state index contributed by atoms with van der Waals surface area (Å²) in [6.07, 6.45) is 9.45. The summed E-state index contributed by atoms with van der Waals surface area (Å²) in [5.41, 5.74) is 1.89. The highest BCUT2D eigenvalue weighted by Crippen LogP contribution is 2.49. The lowest BCUT2D eigenvalue weighted by molar-refractivity contribution is 0.231. The fraction of sp³-hybridized carbons (Fsp3) is 0.615. The van der Waals surface area contributed by atoms with Crippen molar-refractivity contribution in [3.05, 3.63) is 58.5 Å². The number of sulfone groups is 1. The molecule has 1 fully saturated rings. The Morgan fingerprint density at radius 1 is 1.16 bits per heavy atom. The molecule has 2 atom stereocenters. The van der Waals surface area contributed by atoms with E-state index in [9.17, 15) is 8.42 Å². The molecule has 0 aromatic heterocycles. The van der Waals surface area contributed by atoms with Crippen LogP contribution in [-0.2, 0) is 14.6 Å². The second-order valence-corrected chi connectivity index (χ2v) is 10.7. The zero-order valence-electron chi connectivity index (χ0n) is 19.8. The zero-order valence-corrected chi connectivity index (χ0v) is 20.6. The van der Waals surface area contributed by atoms with Gasteiger partial charge in [-0.2, -0.15) is 0 Å². The second-order valence-electron chi connectivity index (χ2n) is 8.71. The van der Waals surface area contributed by atoms with Gasteiger partial charge in [0.15, 0.2) is 9.84 Å². The zero-order chi connectivity index (χ0) is 22.7. The van der Waals surface area contributed by atoms with Gasteiger partial charge in [0.25, 0.3) is 0 Å². The van der Waals surface area contributed by atoms with Gasteiger partial charge >= 0.3 is 0 Å². The highest BCUT2D eigenvalue weighted by molar-refractivity contribution is 7.95. The van der Waals surface area contributed by atoms with Gasteiger partial charge in [-0.25, -0.2) is 8.42 Å². The van der Waals surface area contributed by atoms with Crippen LogP contribution in [0.25, 0.3) is 0 Å². The third-order valence-corrected chi connectivity index (χ3v) is 8.58. The van der Waals surface area contributed by atoms with Gasteiger partial charge in [0.05, 0.1) is 17.3 Å². The number of hydrogen-bond donors (Lipinski definition) is 1. The van der Waals surface area contributed by atoms with E-state index >= 15 is 0 Å². The summed E-state index contributed by atoms with van der Waals surface area (Å²) in [6.45, 7) is 8.47. The number of unbranched alkanes of at least 4 members (excludes halogenated alkanes) is 1. The normalized spacial score (nSPS) is 26.3. The van der Waals surface area contributed by atoms with Crippen LogP contribution in [0, 0.1) is 5.41 Å². The van der Waals surface area contributed by atoms with Crippen molar-refractivity contribution in [1.82, 2.24) is 5.32 Å². The number of methoxy groups -OCH3 is 1. The van der Waals surface area contributed by atoms with Gasteiger partial charge in [0, 0.05) is 13.0 Å². The standard InChI is InChI=1S/C26H41NO3S/c1-5-8-17-26(6-2)20-24(22-13-10-9-11-14-22)23(16-19-30-4)25(31(28,29)21-26)15-12-18-27-7-3/h9-11,13-16,24,27H,5-8,12,17-21H2,1-4H3/b23-16-,25-15+/t24-,26+/m1/s1. The fourth-order valence-electron chi connectivity index (χ4n) is 4.71. The van der Waals surface area contributed by atoms with E-state index in [0.717, 1.165) is 50.8 Å². The maximum atomic E-state index is 13.8. The van der Waals surface area contributed by atoms with E-state index in [2.05, 4.69) is 50.4 Å². The first kappa shape index (κ1) is 25.8. The Morgan fingerprint density at radius 3 is 2.52 bits per heavy atom. The SMILES string of the molecule is CCCC[C@@]1(CC)C[C@H](c2ccccc2)C(=C/COC)/C(=C\CCNCC)S(=O)(=O)C1. The summed E-state index contributed by atoms with van der Waals surface area (Å²) in [5.74, 6) is 0.285. The molecule has 1 saturated heterocycles. The smallest absolute Gasteiger partial charge is 0.178 e. The highest BCUT2D eigenvalue weighted by atomic mass is 32.2. The molecule has 31 heavy (non-hydrogen) atoms. The second kappa shape index (κ2) is 12.6. The highest BCUT2D eigenvalue weighted by Gasteiger charge is 2.43. The number of allylic oxidation sites excluding steroid dienone is 1. The molecule has 2 rings (SSSR count). The van der Waals surface area contributed by atoms with Crippen molar-refractivity contribution in [1.29, 1.82) is 0 Å². The van der Waals surface area contributed by atoms with Crippen molar-refractivity contribution in [3.63, 3.8) is 0 Å². The van der Waals surface area contributed by atoms with E-state index in [4.69, 9.17) is 4.74 Å². The summed E-state index contributed by atoms with van der Waals surface area (Å²) in [7, 11) is -1.75. The molecular formula is C26H41NO3S. The average Bonchev–Trinajstić information content (AvgIpc) is 2.86. The van der Waals surface area contributed by atoms with Crippen LogP contribution >= 0.6 is 0 Å². The van der Waals surface area contributed by atoms with Crippen LogP contribution in [0.5, 0.6) is 0 Å².